The molecule has 0 spiro atoms. The smallest absolute Gasteiger partial charge is 0.184 e. The second-order valence-corrected chi connectivity index (χ2v) is 3.78. The fraction of sp³-hybridized carbons (Fsp3) is 0.800. The highest BCUT2D eigenvalue weighted by Crippen LogP contribution is 2.05. The highest BCUT2D eigenvalue weighted by atomic mass is 32.1. The Morgan fingerprint density at radius 1 is 1.29 bits per heavy atom. The fourth-order valence-electron chi connectivity index (χ4n) is 1.19. The van der Waals surface area contributed by atoms with Gasteiger partial charge in [0.1, 0.15) is 0 Å². The van der Waals surface area contributed by atoms with Crippen LogP contribution >= 0.6 is 12.2 Å². The zero-order valence-electron chi connectivity index (χ0n) is 8.96. The van der Waals surface area contributed by atoms with Gasteiger partial charge in [-0.3, -0.25) is 5.43 Å². The Hall–Kier alpha value is -0.640. The molecule has 0 aromatic heterocycles. The zero-order chi connectivity index (χ0) is 10.6. The Bertz CT molecular complexity index is 169. The van der Waals surface area contributed by atoms with E-state index < -0.39 is 0 Å². The van der Waals surface area contributed by atoms with Crippen LogP contribution < -0.4 is 11.2 Å². The van der Waals surface area contributed by atoms with Crippen LogP contribution in [0.4, 0.5) is 0 Å². The number of nitrogens with zero attached hydrogens (tertiary/aromatic N) is 1. The van der Waals surface area contributed by atoms with Crippen molar-refractivity contribution in [3.8, 4) is 0 Å². The molecule has 0 fully saturated rings. The summed E-state index contributed by atoms with van der Waals surface area (Å²) in [5.41, 5.74) is 7.73. The molecule has 3 N–H and O–H groups in total. The predicted octanol–water partition coefficient (Wildman–Crippen LogP) is 2.56. The average molecular weight is 215 g/mol. The van der Waals surface area contributed by atoms with Crippen molar-refractivity contribution in [3.63, 3.8) is 0 Å². The van der Waals surface area contributed by atoms with Crippen LogP contribution in [0.25, 0.3) is 0 Å². The lowest BCUT2D eigenvalue weighted by Crippen LogP contribution is -2.23. The summed E-state index contributed by atoms with van der Waals surface area (Å²) in [6.45, 7) is 2.23. The fourth-order valence-corrected chi connectivity index (χ4v) is 1.24. The van der Waals surface area contributed by atoms with Crippen LogP contribution in [0.5, 0.6) is 0 Å². The van der Waals surface area contributed by atoms with E-state index >= 15 is 0 Å². The van der Waals surface area contributed by atoms with Crippen molar-refractivity contribution in [2.24, 2.45) is 10.8 Å². The summed E-state index contributed by atoms with van der Waals surface area (Å²) in [4.78, 5) is 0. The van der Waals surface area contributed by atoms with E-state index in [1.165, 1.54) is 38.5 Å². The molecular formula is C10H21N3S. The lowest BCUT2D eigenvalue weighted by atomic mass is 10.1. The zero-order valence-corrected chi connectivity index (χ0v) is 9.78. The molecule has 0 bridgehead atoms. The largest absolute Gasteiger partial charge is 0.375 e. The molecule has 0 aromatic carbocycles. The minimum Gasteiger partial charge on any atom is -0.375 e. The number of unbranched alkanes of at least 4 members (excludes halogenated alkanes) is 6. The monoisotopic (exact) mass is 215 g/mol. The molecule has 0 saturated heterocycles. The molecule has 4 heteroatoms. The van der Waals surface area contributed by atoms with Crippen LogP contribution in [0.15, 0.2) is 5.10 Å². The molecule has 0 aliphatic carbocycles. The van der Waals surface area contributed by atoms with Gasteiger partial charge in [-0.1, -0.05) is 39.0 Å². The molecule has 82 valence electrons. The van der Waals surface area contributed by atoms with Crippen LogP contribution in [0.2, 0.25) is 0 Å². The Morgan fingerprint density at radius 3 is 2.57 bits per heavy atom. The molecule has 0 radical (unpaired) electrons. The van der Waals surface area contributed by atoms with E-state index in [4.69, 9.17) is 5.73 Å². The lowest BCUT2D eigenvalue weighted by molar-refractivity contribution is 0.616. The van der Waals surface area contributed by atoms with E-state index in [-0.39, 0.29) is 5.11 Å². The third-order valence-electron chi connectivity index (χ3n) is 1.95. The molecule has 0 aliphatic rings. The van der Waals surface area contributed by atoms with Gasteiger partial charge in [-0.05, 0) is 25.1 Å². The van der Waals surface area contributed by atoms with Crippen molar-refractivity contribution in [2.45, 2.75) is 51.9 Å². The Labute approximate surface area is 92.1 Å². The van der Waals surface area contributed by atoms with Crippen LogP contribution in [0.1, 0.15) is 51.9 Å². The SMILES string of the molecule is CCCCCCCC/C=N\NC(N)=S. The number of rotatable bonds is 8. The van der Waals surface area contributed by atoms with Gasteiger partial charge in [-0.15, -0.1) is 0 Å². The molecular weight excluding hydrogens is 194 g/mol. The van der Waals surface area contributed by atoms with Gasteiger partial charge in [-0.25, -0.2) is 0 Å². The molecule has 0 aromatic rings. The minimum absolute atomic E-state index is 0.226. The molecule has 14 heavy (non-hydrogen) atoms. The highest BCUT2D eigenvalue weighted by Gasteiger charge is 1.88. The first kappa shape index (κ1) is 13.4. The average Bonchev–Trinajstić information content (AvgIpc) is 2.15. The van der Waals surface area contributed by atoms with Gasteiger partial charge in [-0.2, -0.15) is 5.10 Å². The van der Waals surface area contributed by atoms with Crippen LogP contribution in [-0.2, 0) is 0 Å². The van der Waals surface area contributed by atoms with E-state index in [9.17, 15) is 0 Å². The first-order chi connectivity index (χ1) is 6.77. The summed E-state index contributed by atoms with van der Waals surface area (Å²) in [5.74, 6) is 0. The highest BCUT2D eigenvalue weighted by molar-refractivity contribution is 7.80. The standard InChI is InChI=1S/C10H21N3S/c1-2-3-4-5-6-7-8-9-12-13-10(11)14/h9H,2-8H2,1H3,(H3,11,13,14)/b12-9-. The van der Waals surface area contributed by atoms with Gasteiger partial charge < -0.3 is 5.73 Å². The molecule has 0 heterocycles. The van der Waals surface area contributed by atoms with Crippen LogP contribution in [-0.4, -0.2) is 11.3 Å². The summed E-state index contributed by atoms with van der Waals surface area (Å²) in [6.07, 6.45) is 10.7. The van der Waals surface area contributed by atoms with Crippen molar-refractivity contribution >= 4 is 23.5 Å². The first-order valence-electron chi connectivity index (χ1n) is 5.34. The molecule has 0 rings (SSSR count). The maximum atomic E-state index is 5.19. The van der Waals surface area contributed by atoms with Gasteiger partial charge in [0, 0.05) is 6.21 Å². The van der Waals surface area contributed by atoms with Gasteiger partial charge in [0.2, 0.25) is 0 Å². The Morgan fingerprint density at radius 2 is 1.93 bits per heavy atom. The molecule has 0 saturated carbocycles. The van der Waals surface area contributed by atoms with Gasteiger partial charge in [0.25, 0.3) is 0 Å². The van der Waals surface area contributed by atoms with Crippen molar-refractivity contribution in [3.05, 3.63) is 0 Å². The van der Waals surface area contributed by atoms with Gasteiger partial charge in [0.15, 0.2) is 5.11 Å². The minimum atomic E-state index is 0.226. The maximum absolute atomic E-state index is 5.19. The third-order valence-corrected chi connectivity index (χ3v) is 2.04. The number of hydrogen-bond acceptors (Lipinski definition) is 2. The van der Waals surface area contributed by atoms with E-state index in [1.54, 1.807) is 0 Å². The van der Waals surface area contributed by atoms with Crippen molar-refractivity contribution in [1.29, 1.82) is 0 Å². The normalized spacial score (nSPS) is 10.6. The number of nitrogens with one attached hydrogen (secondary N) is 1. The summed E-state index contributed by atoms with van der Waals surface area (Å²) in [6, 6.07) is 0. The van der Waals surface area contributed by atoms with Crippen molar-refractivity contribution in [1.82, 2.24) is 5.43 Å². The van der Waals surface area contributed by atoms with Crippen LogP contribution in [0, 0.1) is 0 Å². The van der Waals surface area contributed by atoms with Crippen molar-refractivity contribution in [2.75, 3.05) is 0 Å². The topological polar surface area (TPSA) is 50.4 Å². The Kier molecular flexibility index (Phi) is 9.96. The second kappa shape index (κ2) is 10.4. The molecule has 0 atom stereocenters. The maximum Gasteiger partial charge on any atom is 0.184 e. The summed E-state index contributed by atoms with van der Waals surface area (Å²) < 4.78 is 0. The predicted molar refractivity (Wildman–Crippen MR) is 66.4 cm³/mol. The molecule has 3 nitrogen and oxygen atoms in total. The first-order valence-corrected chi connectivity index (χ1v) is 5.75. The van der Waals surface area contributed by atoms with Crippen LogP contribution in [0.3, 0.4) is 0 Å². The van der Waals surface area contributed by atoms with E-state index in [0.29, 0.717) is 0 Å². The van der Waals surface area contributed by atoms with Gasteiger partial charge in [0.05, 0.1) is 0 Å². The number of hydrazone groups is 1. The lowest BCUT2D eigenvalue weighted by Gasteiger charge is -1.97. The number of thiocarbonyl (C=S) groups is 1. The summed E-state index contributed by atoms with van der Waals surface area (Å²) in [5, 5.41) is 4.09. The van der Waals surface area contributed by atoms with Gasteiger partial charge >= 0.3 is 0 Å². The van der Waals surface area contributed by atoms with E-state index in [1.807, 2.05) is 6.21 Å². The van der Waals surface area contributed by atoms with E-state index in [2.05, 4.69) is 29.7 Å². The summed E-state index contributed by atoms with van der Waals surface area (Å²) >= 11 is 4.60. The quantitative estimate of drug-likeness (QED) is 0.283. The Balaban J connectivity index is 3.05. The second-order valence-electron chi connectivity index (χ2n) is 3.34. The third kappa shape index (κ3) is 11.4. The number of nitrogens with two attached hydrogens (primary N) is 1. The van der Waals surface area contributed by atoms with Crippen molar-refractivity contribution < 1.29 is 0 Å². The van der Waals surface area contributed by atoms with E-state index in [0.717, 1.165) is 6.42 Å². The summed E-state index contributed by atoms with van der Waals surface area (Å²) in [7, 11) is 0. The molecule has 0 aliphatic heterocycles. The number of hydrogen-bond donors (Lipinski definition) is 2. The molecule has 0 amide bonds. The molecule has 0 unspecified atom stereocenters.